The quantitative estimate of drug-likeness (QED) is 0.774. The third-order valence-corrected chi connectivity index (χ3v) is 2.85. The molecule has 88 valence electrons. The summed E-state index contributed by atoms with van der Waals surface area (Å²) in [6.07, 6.45) is 0. The summed E-state index contributed by atoms with van der Waals surface area (Å²) in [6.45, 7) is 4.59. The number of likely N-dealkylation sites (N-methyl/N-ethyl adjacent to an activating group) is 1. The number of aryl methyl sites for hydroxylation is 1. The van der Waals surface area contributed by atoms with E-state index in [-0.39, 0.29) is 0 Å². The van der Waals surface area contributed by atoms with E-state index in [0.29, 0.717) is 12.3 Å². The molecule has 0 saturated carbocycles. The first-order valence-electron chi connectivity index (χ1n) is 5.27. The molecule has 0 saturated heterocycles. The van der Waals surface area contributed by atoms with Gasteiger partial charge in [-0.3, -0.25) is 0 Å². The molecule has 1 atom stereocenters. The van der Waals surface area contributed by atoms with E-state index in [1.807, 2.05) is 43.0 Å². The molecule has 1 N–H and O–H groups in total. The van der Waals surface area contributed by atoms with E-state index < -0.39 is 12.0 Å². The number of hydrogen-bond donors (Lipinski definition) is 2. The Balaban J connectivity index is 3.01. The molecule has 1 aromatic carbocycles. The largest absolute Gasteiger partial charge is 0.480 e. The van der Waals surface area contributed by atoms with Gasteiger partial charge in [-0.15, -0.1) is 0 Å². The number of carboxylic acids is 1. The zero-order valence-electron chi connectivity index (χ0n) is 9.55. The van der Waals surface area contributed by atoms with Gasteiger partial charge in [0.15, 0.2) is 0 Å². The van der Waals surface area contributed by atoms with Gasteiger partial charge in [-0.2, -0.15) is 12.6 Å². The minimum absolute atomic E-state index is 0.303. The third-order valence-electron chi connectivity index (χ3n) is 2.51. The van der Waals surface area contributed by atoms with Crippen molar-refractivity contribution in [2.75, 3.05) is 17.2 Å². The number of nitrogens with zero attached hydrogens (tertiary/aromatic N) is 1. The fourth-order valence-electron chi connectivity index (χ4n) is 1.70. The Hall–Kier alpha value is -1.16. The van der Waals surface area contributed by atoms with Crippen molar-refractivity contribution in [2.24, 2.45) is 0 Å². The van der Waals surface area contributed by atoms with Gasteiger partial charge in [-0.25, -0.2) is 4.79 Å². The van der Waals surface area contributed by atoms with E-state index in [1.54, 1.807) is 0 Å². The number of aliphatic carboxylic acids is 1. The molecule has 0 fully saturated rings. The molecule has 16 heavy (non-hydrogen) atoms. The van der Waals surface area contributed by atoms with Crippen molar-refractivity contribution >= 4 is 24.3 Å². The molecule has 3 nitrogen and oxygen atoms in total. The zero-order valence-corrected chi connectivity index (χ0v) is 10.4. The minimum Gasteiger partial charge on any atom is -0.480 e. The van der Waals surface area contributed by atoms with Gasteiger partial charge in [0.1, 0.15) is 6.04 Å². The minimum atomic E-state index is -0.835. The van der Waals surface area contributed by atoms with Crippen LogP contribution in [0.5, 0.6) is 0 Å². The van der Waals surface area contributed by atoms with Crippen LogP contribution in [0.2, 0.25) is 0 Å². The van der Waals surface area contributed by atoms with Gasteiger partial charge >= 0.3 is 5.97 Å². The van der Waals surface area contributed by atoms with Gasteiger partial charge in [0.05, 0.1) is 0 Å². The molecule has 0 radical (unpaired) electrons. The van der Waals surface area contributed by atoms with Crippen LogP contribution >= 0.6 is 12.6 Å². The lowest BCUT2D eigenvalue weighted by Gasteiger charge is -2.29. The highest BCUT2D eigenvalue weighted by Gasteiger charge is 2.23. The van der Waals surface area contributed by atoms with Crippen LogP contribution in [0.1, 0.15) is 12.5 Å². The second-order valence-corrected chi connectivity index (χ2v) is 4.03. The topological polar surface area (TPSA) is 40.5 Å². The highest BCUT2D eigenvalue weighted by atomic mass is 32.1. The molecule has 1 unspecified atom stereocenters. The fraction of sp³-hybridized carbons (Fsp3) is 0.417. The van der Waals surface area contributed by atoms with Crippen molar-refractivity contribution in [3.05, 3.63) is 29.8 Å². The van der Waals surface area contributed by atoms with Crippen LogP contribution in [0.25, 0.3) is 0 Å². The van der Waals surface area contributed by atoms with Gasteiger partial charge < -0.3 is 10.0 Å². The summed E-state index contributed by atoms with van der Waals surface area (Å²) in [5, 5.41) is 9.11. The molecule has 0 aliphatic heterocycles. The third kappa shape index (κ3) is 2.92. The number of carboxylic acid groups (broad SMARTS) is 1. The molecule has 0 aliphatic rings. The van der Waals surface area contributed by atoms with Crippen LogP contribution in [0.4, 0.5) is 5.69 Å². The van der Waals surface area contributed by atoms with Gasteiger partial charge in [-0.1, -0.05) is 12.1 Å². The fourth-order valence-corrected chi connectivity index (χ4v) is 2.05. The van der Waals surface area contributed by atoms with Gasteiger partial charge in [0.25, 0.3) is 0 Å². The van der Waals surface area contributed by atoms with Crippen molar-refractivity contribution in [3.8, 4) is 0 Å². The van der Waals surface area contributed by atoms with Gasteiger partial charge in [0, 0.05) is 18.0 Å². The maximum atomic E-state index is 11.1. The van der Waals surface area contributed by atoms with Gasteiger partial charge in [-0.05, 0) is 31.5 Å². The SMILES string of the molecule is CCN(c1cccc(C)c1)C(CS)C(=O)O. The van der Waals surface area contributed by atoms with E-state index in [9.17, 15) is 4.79 Å². The second-order valence-electron chi connectivity index (χ2n) is 3.66. The number of hydrogen-bond acceptors (Lipinski definition) is 3. The Bertz CT molecular complexity index is 368. The first kappa shape index (κ1) is 12.9. The molecule has 0 aliphatic carbocycles. The van der Waals surface area contributed by atoms with Crippen molar-refractivity contribution in [2.45, 2.75) is 19.9 Å². The van der Waals surface area contributed by atoms with Crippen LogP contribution in [0.15, 0.2) is 24.3 Å². The summed E-state index contributed by atoms with van der Waals surface area (Å²) in [7, 11) is 0. The molecule has 4 heteroatoms. The Morgan fingerprint density at radius 3 is 2.69 bits per heavy atom. The normalized spacial score (nSPS) is 12.2. The summed E-state index contributed by atoms with van der Waals surface area (Å²) in [6, 6.07) is 7.27. The van der Waals surface area contributed by atoms with E-state index in [0.717, 1.165) is 11.3 Å². The highest BCUT2D eigenvalue weighted by Crippen LogP contribution is 2.19. The van der Waals surface area contributed by atoms with Crippen LogP contribution in [-0.4, -0.2) is 29.4 Å². The maximum absolute atomic E-state index is 11.1. The molecular formula is C12H17NO2S. The Kier molecular flexibility index (Phi) is 4.68. The molecular weight excluding hydrogens is 222 g/mol. The average Bonchev–Trinajstić information content (AvgIpc) is 2.25. The standard InChI is InChI=1S/C12H17NO2S/c1-3-13(11(8-16)12(14)15)10-6-4-5-9(2)7-10/h4-7,11,16H,3,8H2,1-2H3,(H,14,15). The number of anilines is 1. The summed E-state index contributed by atoms with van der Waals surface area (Å²) < 4.78 is 0. The van der Waals surface area contributed by atoms with E-state index >= 15 is 0 Å². The molecule has 0 aromatic heterocycles. The molecule has 1 rings (SSSR count). The van der Waals surface area contributed by atoms with Crippen LogP contribution in [-0.2, 0) is 4.79 Å². The van der Waals surface area contributed by atoms with Crippen molar-refractivity contribution in [1.82, 2.24) is 0 Å². The molecule has 0 spiro atoms. The molecule has 0 heterocycles. The second kappa shape index (κ2) is 5.80. The summed E-state index contributed by atoms with van der Waals surface area (Å²) >= 11 is 4.10. The Morgan fingerprint density at radius 1 is 1.56 bits per heavy atom. The van der Waals surface area contributed by atoms with E-state index in [2.05, 4.69) is 12.6 Å². The predicted octanol–water partition coefficient (Wildman–Crippen LogP) is 2.20. The predicted molar refractivity (Wildman–Crippen MR) is 69.5 cm³/mol. The van der Waals surface area contributed by atoms with Crippen molar-refractivity contribution in [1.29, 1.82) is 0 Å². The van der Waals surface area contributed by atoms with E-state index in [1.165, 1.54) is 0 Å². The summed E-state index contributed by atoms with van der Waals surface area (Å²) in [5.74, 6) is -0.532. The maximum Gasteiger partial charge on any atom is 0.327 e. The lowest BCUT2D eigenvalue weighted by molar-refractivity contribution is -0.138. The van der Waals surface area contributed by atoms with Crippen LogP contribution in [0.3, 0.4) is 0 Å². The number of rotatable bonds is 5. The smallest absolute Gasteiger partial charge is 0.327 e. The monoisotopic (exact) mass is 239 g/mol. The van der Waals surface area contributed by atoms with Gasteiger partial charge in [0.2, 0.25) is 0 Å². The summed E-state index contributed by atoms with van der Waals surface area (Å²) in [4.78, 5) is 12.9. The van der Waals surface area contributed by atoms with Crippen LogP contribution < -0.4 is 4.90 Å². The molecule has 1 aromatic rings. The van der Waals surface area contributed by atoms with Crippen LogP contribution in [0, 0.1) is 6.92 Å². The number of carbonyl (C=O) groups is 1. The van der Waals surface area contributed by atoms with E-state index in [4.69, 9.17) is 5.11 Å². The Labute approximate surface area is 101 Å². The molecule has 0 amide bonds. The van der Waals surface area contributed by atoms with Crippen molar-refractivity contribution < 1.29 is 9.90 Å². The first-order valence-corrected chi connectivity index (χ1v) is 5.90. The van der Waals surface area contributed by atoms with Crippen molar-refractivity contribution in [3.63, 3.8) is 0 Å². The first-order chi connectivity index (χ1) is 7.60. The number of benzene rings is 1. The molecule has 0 bridgehead atoms. The lowest BCUT2D eigenvalue weighted by atomic mass is 10.1. The average molecular weight is 239 g/mol. The Morgan fingerprint density at radius 2 is 2.25 bits per heavy atom. The zero-order chi connectivity index (χ0) is 12.1. The summed E-state index contributed by atoms with van der Waals surface area (Å²) in [5.41, 5.74) is 2.06. The lowest BCUT2D eigenvalue weighted by Crippen LogP contribution is -2.42. The number of thiol groups is 1. The highest BCUT2D eigenvalue weighted by molar-refractivity contribution is 7.80.